The molecule has 0 spiro atoms. The van der Waals surface area contributed by atoms with Crippen LogP contribution in [-0.2, 0) is 6.54 Å². The summed E-state index contributed by atoms with van der Waals surface area (Å²) >= 11 is 12.5. The van der Waals surface area contributed by atoms with Gasteiger partial charge in [0.05, 0.1) is 11.6 Å². The monoisotopic (exact) mass is 345 g/mol. The molecule has 2 aromatic heterocycles. The molecule has 1 aromatic carbocycles. The third-order valence-corrected chi connectivity index (χ3v) is 5.04. The summed E-state index contributed by atoms with van der Waals surface area (Å²) in [5, 5.41) is 0.987. The van der Waals surface area contributed by atoms with E-state index in [2.05, 4.69) is 33.8 Å². The number of hydrogen-bond acceptors (Lipinski definition) is 2. The fourth-order valence-corrected chi connectivity index (χ4v) is 3.93. The molecule has 0 aliphatic heterocycles. The fraction of sp³-hybridized carbons (Fsp3) is 0.333. The van der Waals surface area contributed by atoms with Crippen LogP contribution >= 0.6 is 23.2 Å². The molecule has 3 aromatic rings. The molecule has 0 N–H and O–H groups in total. The van der Waals surface area contributed by atoms with Gasteiger partial charge in [-0.05, 0) is 24.5 Å². The average Bonchev–Trinajstić information content (AvgIpc) is 3.17. The number of halogens is 2. The van der Waals surface area contributed by atoms with Crippen molar-refractivity contribution in [3.63, 3.8) is 0 Å². The molecule has 3 nitrogen and oxygen atoms in total. The number of aromatic nitrogens is 3. The van der Waals surface area contributed by atoms with E-state index in [-0.39, 0.29) is 0 Å². The summed E-state index contributed by atoms with van der Waals surface area (Å²) in [6.07, 6.45) is 4.90. The number of pyridine rings is 1. The second-order valence-electron chi connectivity index (χ2n) is 6.12. The highest BCUT2D eigenvalue weighted by atomic mass is 35.5. The molecule has 4 rings (SSSR count). The van der Waals surface area contributed by atoms with Crippen molar-refractivity contribution in [2.75, 3.05) is 0 Å². The zero-order valence-electron chi connectivity index (χ0n) is 12.7. The first-order valence-electron chi connectivity index (χ1n) is 7.98. The molecule has 0 bridgehead atoms. The van der Waals surface area contributed by atoms with Crippen molar-refractivity contribution in [2.24, 2.45) is 0 Å². The Hall–Kier alpha value is -1.58. The molecule has 0 saturated heterocycles. The van der Waals surface area contributed by atoms with Gasteiger partial charge in [-0.15, -0.1) is 0 Å². The van der Waals surface area contributed by atoms with Gasteiger partial charge in [0.1, 0.15) is 16.5 Å². The van der Waals surface area contributed by atoms with E-state index in [1.165, 1.54) is 31.2 Å². The zero-order chi connectivity index (χ0) is 15.8. The Morgan fingerprint density at radius 2 is 1.78 bits per heavy atom. The van der Waals surface area contributed by atoms with Gasteiger partial charge >= 0.3 is 0 Å². The molecule has 0 radical (unpaired) electrons. The van der Waals surface area contributed by atoms with E-state index >= 15 is 0 Å². The Morgan fingerprint density at radius 3 is 2.52 bits per heavy atom. The quantitative estimate of drug-likeness (QED) is 0.591. The molecule has 2 heterocycles. The van der Waals surface area contributed by atoms with Crippen LogP contribution in [0.3, 0.4) is 0 Å². The molecule has 1 aliphatic carbocycles. The van der Waals surface area contributed by atoms with E-state index in [0.717, 1.165) is 23.5 Å². The molecule has 0 amide bonds. The number of imidazole rings is 1. The highest BCUT2D eigenvalue weighted by Gasteiger charge is 2.25. The van der Waals surface area contributed by atoms with Gasteiger partial charge in [-0.2, -0.15) is 0 Å². The lowest BCUT2D eigenvalue weighted by atomic mass is 10.1. The normalized spacial score (nSPS) is 15.6. The lowest BCUT2D eigenvalue weighted by molar-refractivity contribution is 0.617. The summed E-state index contributed by atoms with van der Waals surface area (Å²) in [5.41, 5.74) is 2.77. The highest BCUT2D eigenvalue weighted by molar-refractivity contribution is 6.37. The zero-order valence-corrected chi connectivity index (χ0v) is 14.2. The van der Waals surface area contributed by atoms with Gasteiger partial charge in [-0.3, -0.25) is 0 Å². The van der Waals surface area contributed by atoms with E-state index in [0.29, 0.717) is 16.1 Å². The molecule has 0 unspecified atom stereocenters. The van der Waals surface area contributed by atoms with E-state index in [1.807, 2.05) is 6.07 Å². The number of fused-ring (bicyclic) bond motifs is 1. The van der Waals surface area contributed by atoms with Crippen LogP contribution < -0.4 is 0 Å². The maximum atomic E-state index is 6.36. The van der Waals surface area contributed by atoms with Gasteiger partial charge in [-0.1, -0.05) is 66.4 Å². The van der Waals surface area contributed by atoms with E-state index in [1.54, 1.807) is 6.07 Å². The van der Waals surface area contributed by atoms with Gasteiger partial charge in [0, 0.05) is 5.92 Å². The first kappa shape index (κ1) is 15.0. The fourth-order valence-electron chi connectivity index (χ4n) is 3.46. The maximum Gasteiger partial charge on any atom is 0.163 e. The van der Waals surface area contributed by atoms with Crippen molar-refractivity contribution in [1.82, 2.24) is 14.5 Å². The van der Waals surface area contributed by atoms with Gasteiger partial charge in [0.2, 0.25) is 0 Å². The molecule has 5 heteroatoms. The highest BCUT2D eigenvalue weighted by Crippen LogP contribution is 2.36. The van der Waals surface area contributed by atoms with Gasteiger partial charge in [-0.25, -0.2) is 9.97 Å². The summed E-state index contributed by atoms with van der Waals surface area (Å²) in [5.74, 6) is 1.58. The molecule has 1 aliphatic rings. The minimum Gasteiger partial charge on any atom is -0.308 e. The van der Waals surface area contributed by atoms with Crippen molar-refractivity contribution >= 4 is 34.4 Å². The predicted octanol–water partition coefficient (Wildman–Crippen LogP) is 5.44. The number of nitrogens with zero attached hydrogens (tertiary/aromatic N) is 3. The van der Waals surface area contributed by atoms with Gasteiger partial charge in [0.25, 0.3) is 0 Å². The average molecular weight is 346 g/mol. The van der Waals surface area contributed by atoms with Gasteiger partial charge in [0.15, 0.2) is 5.65 Å². The standard InChI is InChI=1S/C18H17Cl2N3/c19-14-10-15(20)21-18-16(14)22-17(13-8-4-5-9-13)23(18)11-12-6-2-1-3-7-12/h1-3,6-7,10,13H,4-5,8-9,11H2. The van der Waals surface area contributed by atoms with Crippen LogP contribution in [0.4, 0.5) is 0 Å². The first-order chi connectivity index (χ1) is 11.2. The number of rotatable bonds is 3. The second-order valence-corrected chi connectivity index (χ2v) is 6.92. The lowest BCUT2D eigenvalue weighted by Gasteiger charge is -2.13. The van der Waals surface area contributed by atoms with E-state index in [4.69, 9.17) is 28.2 Å². The molecular formula is C18H17Cl2N3. The van der Waals surface area contributed by atoms with Gasteiger partial charge < -0.3 is 4.57 Å². The van der Waals surface area contributed by atoms with Crippen LogP contribution in [0, 0.1) is 0 Å². The second kappa shape index (κ2) is 6.14. The lowest BCUT2D eigenvalue weighted by Crippen LogP contribution is -2.09. The van der Waals surface area contributed by atoms with Crippen LogP contribution in [0.15, 0.2) is 36.4 Å². The molecule has 118 valence electrons. The van der Waals surface area contributed by atoms with Crippen molar-refractivity contribution in [3.8, 4) is 0 Å². The van der Waals surface area contributed by atoms with Crippen LogP contribution in [0.1, 0.15) is 43.0 Å². The molecule has 1 saturated carbocycles. The third kappa shape index (κ3) is 2.84. The SMILES string of the molecule is Clc1cc(Cl)c2nc(C3CCCC3)n(Cc3ccccc3)c2n1. The van der Waals surface area contributed by atoms with Crippen molar-refractivity contribution in [3.05, 3.63) is 58.0 Å². The van der Waals surface area contributed by atoms with E-state index in [9.17, 15) is 0 Å². The van der Waals surface area contributed by atoms with Crippen molar-refractivity contribution < 1.29 is 0 Å². The summed E-state index contributed by atoms with van der Waals surface area (Å²) in [6.45, 7) is 0.743. The predicted molar refractivity (Wildman–Crippen MR) is 94.3 cm³/mol. The van der Waals surface area contributed by atoms with Crippen molar-refractivity contribution in [1.29, 1.82) is 0 Å². The van der Waals surface area contributed by atoms with Crippen LogP contribution in [0.5, 0.6) is 0 Å². The summed E-state index contributed by atoms with van der Waals surface area (Å²) < 4.78 is 2.19. The minimum absolute atomic E-state index is 0.412. The molecule has 1 fully saturated rings. The third-order valence-electron chi connectivity index (χ3n) is 4.56. The largest absolute Gasteiger partial charge is 0.308 e. The topological polar surface area (TPSA) is 30.7 Å². The molecule has 0 atom stereocenters. The molecule has 23 heavy (non-hydrogen) atoms. The Morgan fingerprint density at radius 1 is 1.04 bits per heavy atom. The minimum atomic E-state index is 0.412. The summed E-state index contributed by atoms with van der Waals surface area (Å²) in [4.78, 5) is 9.35. The smallest absolute Gasteiger partial charge is 0.163 e. The number of benzene rings is 1. The number of hydrogen-bond donors (Lipinski definition) is 0. The summed E-state index contributed by atoms with van der Waals surface area (Å²) in [6, 6.07) is 12.0. The Bertz CT molecular complexity index is 836. The Kier molecular flexibility index (Phi) is 4.00. The van der Waals surface area contributed by atoms with Crippen LogP contribution in [0.2, 0.25) is 10.2 Å². The van der Waals surface area contributed by atoms with Crippen molar-refractivity contribution in [2.45, 2.75) is 38.1 Å². The van der Waals surface area contributed by atoms with Crippen LogP contribution in [-0.4, -0.2) is 14.5 Å². The summed E-state index contributed by atoms with van der Waals surface area (Å²) in [7, 11) is 0. The Labute approximate surface area is 145 Å². The maximum absolute atomic E-state index is 6.36. The Balaban J connectivity index is 1.89. The first-order valence-corrected chi connectivity index (χ1v) is 8.74. The van der Waals surface area contributed by atoms with Crippen LogP contribution in [0.25, 0.3) is 11.2 Å². The van der Waals surface area contributed by atoms with E-state index < -0.39 is 0 Å². The molecular weight excluding hydrogens is 329 g/mol.